The molecule has 1 heterocycles. The quantitative estimate of drug-likeness (QED) is 0.403. The molecular weight excluding hydrogens is 403 g/mol. The average Bonchev–Trinajstić information content (AvgIpc) is 2.77. The van der Waals surface area contributed by atoms with Crippen LogP contribution >= 0.6 is 0 Å². The third-order valence-electron chi connectivity index (χ3n) is 4.95. The molecule has 164 valence electrons. The molecule has 1 unspecified atom stereocenters. The van der Waals surface area contributed by atoms with Crippen molar-refractivity contribution in [1.29, 1.82) is 0 Å². The first-order chi connectivity index (χ1) is 14.9. The second kappa shape index (κ2) is 9.83. The van der Waals surface area contributed by atoms with E-state index in [0.29, 0.717) is 23.5 Å². The molecule has 0 radical (unpaired) electrons. The lowest BCUT2D eigenvalue weighted by Crippen LogP contribution is -2.08. The number of alkyl halides is 3. The van der Waals surface area contributed by atoms with E-state index >= 15 is 0 Å². The highest BCUT2D eigenvalue weighted by Crippen LogP contribution is 2.39. The molecule has 0 fully saturated rings. The van der Waals surface area contributed by atoms with Gasteiger partial charge in [-0.3, -0.25) is 4.98 Å². The van der Waals surface area contributed by atoms with E-state index in [1.165, 1.54) is 6.07 Å². The van der Waals surface area contributed by atoms with E-state index in [1.54, 1.807) is 49.6 Å². The molecule has 2 aromatic carbocycles. The number of hydrogen-bond donors (Lipinski definition) is 2. The number of anilines is 3. The standard InChI is InChI=1S/C24H26F3N3O/c1-4-23(31-5-2)22-13-11-19(15-29-22)30-18-10-12-20(21(14-18)24(25,26)27)16-6-8-17(28-3)9-7-16/h6-15,23,28,30H,4-5H2,1-3H3. The SMILES string of the molecule is CCOC(CC)c1ccc(Nc2ccc(-c3ccc(NC)cc3)c(C(F)(F)F)c2)cn1. The van der Waals surface area contributed by atoms with Gasteiger partial charge in [-0.1, -0.05) is 25.1 Å². The third-order valence-corrected chi connectivity index (χ3v) is 4.95. The Hall–Kier alpha value is -3.06. The molecule has 0 bridgehead atoms. The molecule has 0 saturated heterocycles. The van der Waals surface area contributed by atoms with Crippen LogP contribution in [0.2, 0.25) is 0 Å². The predicted octanol–water partition coefficient (Wildman–Crippen LogP) is 7.04. The maximum absolute atomic E-state index is 13.8. The van der Waals surface area contributed by atoms with Gasteiger partial charge in [0.2, 0.25) is 0 Å². The first kappa shape index (κ1) is 22.6. The van der Waals surface area contributed by atoms with Crippen molar-refractivity contribution < 1.29 is 17.9 Å². The number of benzene rings is 2. The maximum atomic E-state index is 13.8. The number of rotatable bonds is 8. The molecule has 4 nitrogen and oxygen atoms in total. The van der Waals surface area contributed by atoms with Crippen LogP contribution in [0.1, 0.15) is 37.6 Å². The van der Waals surface area contributed by atoms with Crippen molar-refractivity contribution in [2.75, 3.05) is 24.3 Å². The van der Waals surface area contributed by atoms with E-state index < -0.39 is 11.7 Å². The average molecular weight is 429 g/mol. The summed E-state index contributed by atoms with van der Waals surface area (Å²) in [7, 11) is 1.76. The zero-order chi connectivity index (χ0) is 22.4. The number of pyridine rings is 1. The Morgan fingerprint density at radius 2 is 1.61 bits per heavy atom. The molecule has 0 spiro atoms. The Kier molecular flexibility index (Phi) is 7.17. The second-order valence-electron chi connectivity index (χ2n) is 7.03. The number of halogens is 3. The fourth-order valence-corrected chi connectivity index (χ4v) is 3.37. The number of nitrogens with one attached hydrogen (secondary N) is 2. The Balaban J connectivity index is 1.87. The van der Waals surface area contributed by atoms with Gasteiger partial charge in [0.05, 0.1) is 29.2 Å². The molecule has 0 aliphatic heterocycles. The van der Waals surface area contributed by atoms with Gasteiger partial charge in [-0.15, -0.1) is 0 Å². The lowest BCUT2D eigenvalue weighted by Gasteiger charge is -2.17. The number of ether oxygens (including phenoxy) is 1. The van der Waals surface area contributed by atoms with Gasteiger partial charge >= 0.3 is 6.18 Å². The molecule has 1 atom stereocenters. The third kappa shape index (κ3) is 5.55. The Morgan fingerprint density at radius 1 is 0.935 bits per heavy atom. The van der Waals surface area contributed by atoms with Gasteiger partial charge in [0.25, 0.3) is 0 Å². The van der Waals surface area contributed by atoms with Crippen LogP contribution in [0.4, 0.5) is 30.2 Å². The number of aromatic nitrogens is 1. The minimum Gasteiger partial charge on any atom is -0.388 e. The molecule has 3 aromatic rings. The largest absolute Gasteiger partial charge is 0.417 e. The van der Waals surface area contributed by atoms with Crippen molar-refractivity contribution in [2.45, 2.75) is 32.5 Å². The second-order valence-corrected chi connectivity index (χ2v) is 7.03. The molecule has 0 aliphatic rings. The molecule has 0 saturated carbocycles. The molecule has 0 aliphatic carbocycles. The summed E-state index contributed by atoms with van der Waals surface area (Å²) in [5.41, 5.74) is 2.53. The van der Waals surface area contributed by atoms with E-state index in [1.807, 2.05) is 19.9 Å². The van der Waals surface area contributed by atoms with Crippen molar-refractivity contribution in [3.63, 3.8) is 0 Å². The van der Waals surface area contributed by atoms with E-state index in [0.717, 1.165) is 23.9 Å². The topological polar surface area (TPSA) is 46.2 Å². The molecule has 1 aromatic heterocycles. The minimum absolute atomic E-state index is 0.0931. The van der Waals surface area contributed by atoms with Crippen LogP contribution < -0.4 is 10.6 Å². The van der Waals surface area contributed by atoms with Crippen LogP contribution in [-0.4, -0.2) is 18.6 Å². The van der Waals surface area contributed by atoms with Crippen molar-refractivity contribution in [2.24, 2.45) is 0 Å². The minimum atomic E-state index is -4.48. The van der Waals surface area contributed by atoms with E-state index in [-0.39, 0.29) is 11.7 Å². The number of nitrogens with zero attached hydrogens (tertiary/aromatic N) is 1. The fourth-order valence-electron chi connectivity index (χ4n) is 3.37. The Morgan fingerprint density at radius 3 is 2.16 bits per heavy atom. The molecule has 0 amide bonds. The smallest absolute Gasteiger partial charge is 0.388 e. The monoisotopic (exact) mass is 429 g/mol. The van der Waals surface area contributed by atoms with Gasteiger partial charge in [-0.2, -0.15) is 13.2 Å². The van der Waals surface area contributed by atoms with Crippen LogP contribution in [0, 0.1) is 0 Å². The van der Waals surface area contributed by atoms with E-state index in [9.17, 15) is 13.2 Å². The predicted molar refractivity (Wildman–Crippen MR) is 119 cm³/mol. The summed E-state index contributed by atoms with van der Waals surface area (Å²) in [6, 6.07) is 14.7. The first-order valence-electron chi connectivity index (χ1n) is 10.2. The van der Waals surface area contributed by atoms with Crippen molar-refractivity contribution >= 4 is 17.1 Å². The molecule has 31 heavy (non-hydrogen) atoms. The van der Waals surface area contributed by atoms with Gasteiger partial charge in [-0.05, 0) is 60.9 Å². The Labute approximate surface area is 180 Å². The summed E-state index contributed by atoms with van der Waals surface area (Å²) in [6.07, 6.45) is -2.18. The molecule has 3 rings (SSSR count). The molecular formula is C24H26F3N3O. The highest BCUT2D eigenvalue weighted by molar-refractivity contribution is 5.74. The lowest BCUT2D eigenvalue weighted by atomic mass is 9.98. The van der Waals surface area contributed by atoms with Crippen molar-refractivity contribution in [3.8, 4) is 11.1 Å². The summed E-state index contributed by atoms with van der Waals surface area (Å²) in [4.78, 5) is 4.40. The van der Waals surface area contributed by atoms with Crippen LogP contribution in [0.5, 0.6) is 0 Å². The van der Waals surface area contributed by atoms with Gasteiger partial charge in [0.1, 0.15) is 0 Å². The van der Waals surface area contributed by atoms with Crippen molar-refractivity contribution in [1.82, 2.24) is 4.98 Å². The van der Waals surface area contributed by atoms with Crippen LogP contribution in [0.15, 0.2) is 60.8 Å². The highest BCUT2D eigenvalue weighted by atomic mass is 19.4. The van der Waals surface area contributed by atoms with E-state index in [4.69, 9.17) is 4.74 Å². The summed E-state index contributed by atoms with van der Waals surface area (Å²) < 4.78 is 47.0. The lowest BCUT2D eigenvalue weighted by molar-refractivity contribution is -0.137. The van der Waals surface area contributed by atoms with Gasteiger partial charge in [-0.25, -0.2) is 0 Å². The van der Waals surface area contributed by atoms with Crippen LogP contribution in [-0.2, 0) is 10.9 Å². The summed E-state index contributed by atoms with van der Waals surface area (Å²) in [5, 5.41) is 5.98. The molecule has 7 heteroatoms. The summed E-state index contributed by atoms with van der Waals surface area (Å²) in [6.45, 7) is 4.53. The highest BCUT2D eigenvalue weighted by Gasteiger charge is 2.34. The summed E-state index contributed by atoms with van der Waals surface area (Å²) >= 11 is 0. The normalized spacial score (nSPS) is 12.5. The zero-order valence-corrected chi connectivity index (χ0v) is 17.8. The maximum Gasteiger partial charge on any atom is 0.417 e. The molecule has 2 N–H and O–H groups in total. The van der Waals surface area contributed by atoms with Crippen molar-refractivity contribution in [3.05, 3.63) is 72.1 Å². The van der Waals surface area contributed by atoms with E-state index in [2.05, 4.69) is 15.6 Å². The van der Waals surface area contributed by atoms with Gasteiger partial charge in [0, 0.05) is 25.0 Å². The fraction of sp³-hybridized carbons (Fsp3) is 0.292. The van der Waals surface area contributed by atoms with Gasteiger partial charge < -0.3 is 15.4 Å². The van der Waals surface area contributed by atoms with Gasteiger partial charge in [0.15, 0.2) is 0 Å². The number of hydrogen-bond acceptors (Lipinski definition) is 4. The van der Waals surface area contributed by atoms with Crippen LogP contribution in [0.25, 0.3) is 11.1 Å². The zero-order valence-electron chi connectivity index (χ0n) is 17.8. The first-order valence-corrected chi connectivity index (χ1v) is 10.2. The van der Waals surface area contributed by atoms with Crippen LogP contribution in [0.3, 0.4) is 0 Å². The summed E-state index contributed by atoms with van der Waals surface area (Å²) in [5.74, 6) is 0. The Bertz CT molecular complexity index is 986.